The van der Waals surface area contributed by atoms with Gasteiger partial charge in [0, 0.05) is 11.0 Å². The number of hydrogen-bond donors (Lipinski definition) is 0. The van der Waals surface area contributed by atoms with Crippen molar-refractivity contribution in [2.24, 2.45) is 0 Å². The van der Waals surface area contributed by atoms with Gasteiger partial charge in [-0.15, -0.1) is 11.3 Å². The van der Waals surface area contributed by atoms with Crippen molar-refractivity contribution in [3.05, 3.63) is 29.1 Å². The standard InChI is InChI=1S/C14H10F3N3OS/c1-13(4-5-13)11-19-10(20-21-11)7-2-3-8-9(6-7)22-12(18-8)14(15,16)17/h2-3,6H,4-5H2,1H3. The van der Waals surface area contributed by atoms with E-state index in [9.17, 15) is 13.2 Å². The molecule has 4 nitrogen and oxygen atoms in total. The van der Waals surface area contributed by atoms with Gasteiger partial charge < -0.3 is 4.52 Å². The number of thiazole rings is 1. The van der Waals surface area contributed by atoms with Gasteiger partial charge in [-0.25, -0.2) is 4.98 Å². The highest BCUT2D eigenvalue weighted by atomic mass is 32.1. The largest absolute Gasteiger partial charge is 0.443 e. The third kappa shape index (κ3) is 2.18. The zero-order chi connectivity index (χ0) is 15.5. The summed E-state index contributed by atoms with van der Waals surface area (Å²) in [5.41, 5.74) is 0.909. The minimum absolute atomic E-state index is 0.0384. The Morgan fingerprint density at radius 2 is 2.00 bits per heavy atom. The summed E-state index contributed by atoms with van der Waals surface area (Å²) < 4.78 is 43.8. The third-order valence-corrected chi connectivity index (χ3v) is 4.89. The lowest BCUT2D eigenvalue weighted by Gasteiger charge is -1.98. The molecule has 0 bridgehead atoms. The normalized spacial score (nSPS) is 17.1. The Morgan fingerprint density at radius 3 is 2.68 bits per heavy atom. The van der Waals surface area contributed by atoms with Crippen molar-refractivity contribution in [3.63, 3.8) is 0 Å². The summed E-state index contributed by atoms with van der Waals surface area (Å²) in [6.07, 6.45) is -2.40. The molecular weight excluding hydrogens is 315 g/mol. The minimum atomic E-state index is -4.43. The molecule has 2 aromatic heterocycles. The fraction of sp³-hybridized carbons (Fsp3) is 0.357. The molecule has 1 aliphatic rings. The second-order valence-corrected chi connectivity index (χ2v) is 6.71. The molecule has 0 saturated heterocycles. The van der Waals surface area contributed by atoms with E-state index >= 15 is 0 Å². The lowest BCUT2D eigenvalue weighted by atomic mass is 10.1. The maximum absolute atomic E-state index is 12.7. The molecule has 3 aromatic rings. The van der Waals surface area contributed by atoms with Crippen molar-refractivity contribution in [2.45, 2.75) is 31.4 Å². The Hall–Kier alpha value is -1.96. The molecule has 114 valence electrons. The first-order valence-electron chi connectivity index (χ1n) is 6.68. The number of rotatable bonds is 2. The number of aromatic nitrogens is 3. The Bertz CT molecular complexity index is 864. The monoisotopic (exact) mass is 325 g/mol. The van der Waals surface area contributed by atoms with Crippen LogP contribution in [0.4, 0.5) is 13.2 Å². The van der Waals surface area contributed by atoms with E-state index in [1.165, 1.54) is 0 Å². The Morgan fingerprint density at radius 1 is 1.23 bits per heavy atom. The molecule has 1 aliphatic carbocycles. The number of halogens is 3. The van der Waals surface area contributed by atoms with E-state index in [4.69, 9.17) is 4.52 Å². The van der Waals surface area contributed by atoms with E-state index in [0.717, 1.165) is 12.8 Å². The molecule has 22 heavy (non-hydrogen) atoms. The van der Waals surface area contributed by atoms with Crippen LogP contribution in [0.1, 0.15) is 30.7 Å². The van der Waals surface area contributed by atoms with Gasteiger partial charge in [-0.05, 0) is 31.0 Å². The zero-order valence-corrected chi connectivity index (χ0v) is 12.3. The molecule has 1 saturated carbocycles. The van der Waals surface area contributed by atoms with Gasteiger partial charge in [-0.2, -0.15) is 18.2 Å². The molecule has 0 unspecified atom stereocenters. The molecule has 0 radical (unpaired) electrons. The van der Waals surface area contributed by atoms with Crippen molar-refractivity contribution in [1.82, 2.24) is 15.1 Å². The van der Waals surface area contributed by atoms with Gasteiger partial charge in [-0.1, -0.05) is 12.1 Å². The number of nitrogens with zero attached hydrogens (tertiary/aromatic N) is 3. The number of benzene rings is 1. The second kappa shape index (κ2) is 4.28. The molecule has 8 heteroatoms. The molecule has 0 spiro atoms. The predicted molar refractivity (Wildman–Crippen MR) is 74.5 cm³/mol. The van der Waals surface area contributed by atoms with E-state index < -0.39 is 11.2 Å². The lowest BCUT2D eigenvalue weighted by Crippen LogP contribution is -2.03. The Kier molecular flexibility index (Phi) is 2.66. The van der Waals surface area contributed by atoms with Crippen molar-refractivity contribution in [3.8, 4) is 11.4 Å². The first kappa shape index (κ1) is 13.7. The highest BCUT2D eigenvalue weighted by Gasteiger charge is 2.44. The summed E-state index contributed by atoms with van der Waals surface area (Å²) in [4.78, 5) is 7.96. The van der Waals surface area contributed by atoms with Crippen LogP contribution in [0.5, 0.6) is 0 Å². The average Bonchev–Trinajstić information content (AvgIpc) is 2.95. The molecule has 0 aliphatic heterocycles. The summed E-state index contributed by atoms with van der Waals surface area (Å²) in [5.74, 6) is 0.981. The van der Waals surface area contributed by atoms with Crippen LogP contribution < -0.4 is 0 Å². The van der Waals surface area contributed by atoms with Gasteiger partial charge >= 0.3 is 6.18 Å². The molecule has 0 amide bonds. The van der Waals surface area contributed by atoms with Gasteiger partial charge in [0.2, 0.25) is 11.7 Å². The Balaban J connectivity index is 1.74. The van der Waals surface area contributed by atoms with E-state index in [1.807, 2.05) is 6.92 Å². The molecule has 2 heterocycles. The maximum Gasteiger partial charge on any atom is 0.443 e. The highest BCUT2D eigenvalue weighted by Crippen LogP contribution is 2.47. The van der Waals surface area contributed by atoms with Gasteiger partial charge in [0.05, 0.1) is 10.2 Å². The molecule has 4 rings (SSSR count). The fourth-order valence-electron chi connectivity index (χ4n) is 2.17. The summed E-state index contributed by atoms with van der Waals surface area (Å²) in [7, 11) is 0. The van der Waals surface area contributed by atoms with Crippen LogP contribution in [0.3, 0.4) is 0 Å². The average molecular weight is 325 g/mol. The zero-order valence-electron chi connectivity index (χ0n) is 11.4. The Labute approximate surface area is 127 Å². The summed E-state index contributed by atoms with van der Waals surface area (Å²) >= 11 is 0.615. The minimum Gasteiger partial charge on any atom is -0.338 e. The van der Waals surface area contributed by atoms with Gasteiger partial charge in [-0.3, -0.25) is 0 Å². The number of alkyl halides is 3. The van der Waals surface area contributed by atoms with Gasteiger partial charge in [0.15, 0.2) is 5.01 Å². The van der Waals surface area contributed by atoms with Gasteiger partial charge in [0.25, 0.3) is 0 Å². The first-order valence-corrected chi connectivity index (χ1v) is 7.49. The van der Waals surface area contributed by atoms with Crippen LogP contribution in [-0.4, -0.2) is 15.1 Å². The van der Waals surface area contributed by atoms with Crippen molar-refractivity contribution >= 4 is 21.6 Å². The third-order valence-electron chi connectivity index (χ3n) is 3.83. The predicted octanol–water partition coefficient (Wildman–Crippen LogP) is 4.42. The smallest absolute Gasteiger partial charge is 0.338 e. The number of hydrogen-bond acceptors (Lipinski definition) is 5. The summed E-state index contributed by atoms with van der Waals surface area (Å²) in [5, 5.41) is 3.08. The van der Waals surface area contributed by atoms with Crippen molar-refractivity contribution in [1.29, 1.82) is 0 Å². The molecular formula is C14H10F3N3OS. The van der Waals surface area contributed by atoms with Crippen LogP contribution in [0.25, 0.3) is 21.6 Å². The quantitative estimate of drug-likeness (QED) is 0.700. The van der Waals surface area contributed by atoms with E-state index in [0.29, 0.717) is 38.8 Å². The SMILES string of the molecule is CC1(c2nc(-c3ccc4nc(C(F)(F)F)sc4c3)no2)CC1. The van der Waals surface area contributed by atoms with Gasteiger partial charge in [0.1, 0.15) is 0 Å². The van der Waals surface area contributed by atoms with Crippen molar-refractivity contribution in [2.75, 3.05) is 0 Å². The van der Waals surface area contributed by atoms with Crippen LogP contribution in [-0.2, 0) is 11.6 Å². The fourth-order valence-corrected chi connectivity index (χ4v) is 3.04. The lowest BCUT2D eigenvalue weighted by molar-refractivity contribution is -0.137. The van der Waals surface area contributed by atoms with Crippen molar-refractivity contribution < 1.29 is 17.7 Å². The van der Waals surface area contributed by atoms with Crippen LogP contribution >= 0.6 is 11.3 Å². The highest BCUT2D eigenvalue weighted by molar-refractivity contribution is 7.18. The molecule has 0 atom stereocenters. The topological polar surface area (TPSA) is 51.8 Å². The van der Waals surface area contributed by atoms with Crippen LogP contribution in [0, 0.1) is 0 Å². The summed E-state index contributed by atoms with van der Waals surface area (Å²) in [6, 6.07) is 4.82. The van der Waals surface area contributed by atoms with Crippen LogP contribution in [0.15, 0.2) is 22.7 Å². The second-order valence-electron chi connectivity index (χ2n) is 5.68. The van der Waals surface area contributed by atoms with E-state index in [1.54, 1.807) is 18.2 Å². The molecule has 1 fully saturated rings. The van der Waals surface area contributed by atoms with Crippen LogP contribution in [0.2, 0.25) is 0 Å². The first-order chi connectivity index (χ1) is 10.4. The molecule has 0 N–H and O–H groups in total. The van der Waals surface area contributed by atoms with E-state index in [2.05, 4.69) is 15.1 Å². The van der Waals surface area contributed by atoms with E-state index in [-0.39, 0.29) is 5.41 Å². The summed E-state index contributed by atoms with van der Waals surface area (Å²) in [6.45, 7) is 2.05. The number of fused-ring (bicyclic) bond motifs is 1. The maximum atomic E-state index is 12.7. The molecule has 1 aromatic carbocycles.